The van der Waals surface area contributed by atoms with E-state index in [0.717, 1.165) is 25.2 Å². The molecule has 6 nitrogen and oxygen atoms in total. The summed E-state index contributed by atoms with van der Waals surface area (Å²) in [5.41, 5.74) is 5.89. The molecule has 2 rings (SSSR count). The summed E-state index contributed by atoms with van der Waals surface area (Å²) in [6.45, 7) is 7.57. The SMILES string of the molecule is CCn1cc(S(=O)(=O)N2CCC(C(C)N)CC2)nc1C.Cl. The number of hydrogen-bond acceptors (Lipinski definition) is 4. The summed E-state index contributed by atoms with van der Waals surface area (Å²) in [5.74, 6) is 1.15. The zero-order valence-corrected chi connectivity index (χ0v) is 14.5. The molecule has 0 amide bonds. The van der Waals surface area contributed by atoms with Gasteiger partial charge in [0.15, 0.2) is 5.03 Å². The minimum Gasteiger partial charge on any atom is -0.334 e. The predicted molar refractivity (Wildman–Crippen MR) is 85.0 cm³/mol. The van der Waals surface area contributed by atoms with Crippen molar-refractivity contribution >= 4 is 22.4 Å². The molecule has 1 fully saturated rings. The first-order valence-corrected chi connectivity index (χ1v) is 8.59. The molecule has 1 aromatic rings. The van der Waals surface area contributed by atoms with E-state index in [2.05, 4.69) is 4.98 Å². The lowest BCUT2D eigenvalue weighted by Crippen LogP contribution is -2.42. The van der Waals surface area contributed by atoms with Crippen LogP contribution in [0.3, 0.4) is 0 Å². The molecule has 122 valence electrons. The van der Waals surface area contributed by atoms with Gasteiger partial charge in [-0.2, -0.15) is 4.31 Å². The molecule has 0 bridgehead atoms. The van der Waals surface area contributed by atoms with Gasteiger partial charge in [-0.05, 0) is 39.5 Å². The van der Waals surface area contributed by atoms with E-state index in [0.29, 0.717) is 19.0 Å². The molecule has 2 N–H and O–H groups in total. The van der Waals surface area contributed by atoms with E-state index in [9.17, 15) is 8.42 Å². The fourth-order valence-electron chi connectivity index (χ4n) is 2.70. The summed E-state index contributed by atoms with van der Waals surface area (Å²) < 4.78 is 28.5. The number of aromatic nitrogens is 2. The Labute approximate surface area is 133 Å². The molecule has 21 heavy (non-hydrogen) atoms. The standard InChI is InChI=1S/C13H24N4O2S.ClH/c1-4-16-9-13(15-11(16)3)20(18,19)17-7-5-12(6-8-17)10(2)14;/h9-10,12H,4-8,14H2,1-3H3;1H. The van der Waals surface area contributed by atoms with Crippen molar-refractivity contribution in [2.75, 3.05) is 13.1 Å². The van der Waals surface area contributed by atoms with Crippen molar-refractivity contribution in [3.63, 3.8) is 0 Å². The number of hydrogen-bond donors (Lipinski definition) is 1. The van der Waals surface area contributed by atoms with Crippen LogP contribution in [-0.2, 0) is 16.6 Å². The number of nitrogens with two attached hydrogens (primary N) is 1. The lowest BCUT2D eigenvalue weighted by molar-refractivity contribution is 0.250. The van der Waals surface area contributed by atoms with Crippen molar-refractivity contribution < 1.29 is 8.42 Å². The molecule has 1 aliphatic rings. The quantitative estimate of drug-likeness (QED) is 0.900. The van der Waals surface area contributed by atoms with Gasteiger partial charge in [-0.15, -0.1) is 12.4 Å². The number of rotatable bonds is 4. The van der Waals surface area contributed by atoms with Crippen LogP contribution in [0.1, 0.15) is 32.5 Å². The van der Waals surface area contributed by atoms with E-state index in [1.54, 1.807) is 6.20 Å². The minimum absolute atomic E-state index is 0. The van der Waals surface area contributed by atoms with Gasteiger partial charge in [0.1, 0.15) is 5.82 Å². The monoisotopic (exact) mass is 336 g/mol. The fraction of sp³-hybridized carbons (Fsp3) is 0.769. The Morgan fingerprint density at radius 2 is 2.00 bits per heavy atom. The molecule has 0 aromatic carbocycles. The molecule has 0 aliphatic carbocycles. The Hall–Kier alpha value is -0.630. The van der Waals surface area contributed by atoms with Crippen molar-refractivity contribution in [2.45, 2.75) is 51.2 Å². The van der Waals surface area contributed by atoms with Crippen LogP contribution in [0.4, 0.5) is 0 Å². The first-order chi connectivity index (χ1) is 9.36. The molecule has 2 heterocycles. The van der Waals surface area contributed by atoms with Gasteiger partial charge in [0.05, 0.1) is 0 Å². The molecule has 1 aliphatic heterocycles. The molecular weight excluding hydrogens is 312 g/mol. The average Bonchev–Trinajstić information content (AvgIpc) is 2.80. The van der Waals surface area contributed by atoms with Crippen LogP contribution < -0.4 is 5.73 Å². The highest BCUT2D eigenvalue weighted by Gasteiger charge is 2.32. The van der Waals surface area contributed by atoms with Gasteiger partial charge >= 0.3 is 0 Å². The second-order valence-corrected chi connectivity index (χ2v) is 7.40. The van der Waals surface area contributed by atoms with Crippen LogP contribution in [0, 0.1) is 12.8 Å². The Morgan fingerprint density at radius 3 is 2.43 bits per heavy atom. The van der Waals surface area contributed by atoms with Crippen LogP contribution >= 0.6 is 12.4 Å². The van der Waals surface area contributed by atoms with E-state index in [1.165, 1.54) is 4.31 Å². The molecule has 1 unspecified atom stereocenters. The van der Waals surface area contributed by atoms with E-state index in [4.69, 9.17) is 5.73 Å². The van der Waals surface area contributed by atoms with E-state index >= 15 is 0 Å². The lowest BCUT2D eigenvalue weighted by Gasteiger charge is -2.32. The zero-order valence-electron chi connectivity index (χ0n) is 12.8. The van der Waals surface area contributed by atoms with Gasteiger partial charge in [0, 0.05) is 31.9 Å². The van der Waals surface area contributed by atoms with Crippen molar-refractivity contribution in [1.29, 1.82) is 0 Å². The number of sulfonamides is 1. The second-order valence-electron chi connectivity index (χ2n) is 5.51. The Bertz CT molecular complexity index is 563. The van der Waals surface area contributed by atoms with E-state index in [1.807, 2.05) is 25.3 Å². The third kappa shape index (κ3) is 3.77. The molecule has 0 spiro atoms. The average molecular weight is 337 g/mol. The van der Waals surface area contributed by atoms with Gasteiger partial charge in [-0.1, -0.05) is 0 Å². The van der Waals surface area contributed by atoms with Gasteiger partial charge in [0.25, 0.3) is 10.0 Å². The largest absolute Gasteiger partial charge is 0.334 e. The molecule has 1 atom stereocenters. The third-order valence-electron chi connectivity index (χ3n) is 4.14. The highest BCUT2D eigenvalue weighted by Crippen LogP contribution is 2.24. The molecule has 0 radical (unpaired) electrons. The molecule has 0 saturated carbocycles. The number of halogens is 1. The summed E-state index contributed by atoms with van der Waals surface area (Å²) in [6, 6.07) is 0.126. The van der Waals surface area contributed by atoms with Crippen LogP contribution in [0.15, 0.2) is 11.2 Å². The molecule has 1 aromatic heterocycles. The first-order valence-electron chi connectivity index (χ1n) is 7.15. The van der Waals surface area contributed by atoms with Crippen LogP contribution in [0.2, 0.25) is 0 Å². The van der Waals surface area contributed by atoms with Crippen LogP contribution in [-0.4, -0.2) is 41.4 Å². The van der Waals surface area contributed by atoms with Gasteiger partial charge in [0.2, 0.25) is 0 Å². The minimum atomic E-state index is -3.46. The number of nitrogens with zero attached hydrogens (tertiary/aromatic N) is 3. The Kier molecular flexibility index (Phi) is 6.22. The number of piperidine rings is 1. The number of aryl methyl sites for hydroxylation is 2. The Morgan fingerprint density at radius 1 is 1.43 bits per heavy atom. The lowest BCUT2D eigenvalue weighted by atomic mass is 9.92. The maximum Gasteiger partial charge on any atom is 0.262 e. The second kappa shape index (κ2) is 7.09. The van der Waals surface area contributed by atoms with Crippen molar-refractivity contribution in [3.05, 3.63) is 12.0 Å². The van der Waals surface area contributed by atoms with Gasteiger partial charge < -0.3 is 10.3 Å². The molecule has 1 saturated heterocycles. The summed E-state index contributed by atoms with van der Waals surface area (Å²) >= 11 is 0. The maximum atomic E-state index is 12.6. The maximum absolute atomic E-state index is 12.6. The molecule has 8 heteroatoms. The summed E-state index contributed by atoms with van der Waals surface area (Å²) in [7, 11) is -3.46. The fourth-order valence-corrected chi connectivity index (χ4v) is 4.16. The van der Waals surface area contributed by atoms with Crippen LogP contribution in [0.25, 0.3) is 0 Å². The predicted octanol–water partition coefficient (Wildman–Crippen LogP) is 1.38. The highest BCUT2D eigenvalue weighted by molar-refractivity contribution is 7.89. The normalized spacial score (nSPS) is 19.2. The summed E-state index contributed by atoms with van der Waals surface area (Å²) in [4.78, 5) is 4.19. The zero-order chi connectivity index (χ0) is 14.9. The molecular formula is C13H25ClN4O2S. The third-order valence-corrected chi connectivity index (χ3v) is 5.91. The van der Waals surface area contributed by atoms with E-state index in [-0.39, 0.29) is 23.5 Å². The topological polar surface area (TPSA) is 81.2 Å². The Balaban J connectivity index is 0.00000220. The van der Waals surface area contributed by atoms with Gasteiger partial charge in [-0.3, -0.25) is 0 Å². The highest BCUT2D eigenvalue weighted by atomic mass is 35.5. The summed E-state index contributed by atoms with van der Waals surface area (Å²) in [6.07, 6.45) is 3.27. The summed E-state index contributed by atoms with van der Waals surface area (Å²) in [5, 5.41) is 0.163. The van der Waals surface area contributed by atoms with E-state index < -0.39 is 10.0 Å². The van der Waals surface area contributed by atoms with Gasteiger partial charge in [-0.25, -0.2) is 13.4 Å². The number of imidazole rings is 1. The van der Waals surface area contributed by atoms with Crippen molar-refractivity contribution in [1.82, 2.24) is 13.9 Å². The van der Waals surface area contributed by atoms with Crippen molar-refractivity contribution in [2.24, 2.45) is 11.7 Å². The smallest absolute Gasteiger partial charge is 0.262 e. The first kappa shape index (κ1) is 18.4. The van der Waals surface area contributed by atoms with Crippen molar-refractivity contribution in [3.8, 4) is 0 Å². The van der Waals surface area contributed by atoms with Crippen LogP contribution in [0.5, 0.6) is 0 Å².